The van der Waals surface area contributed by atoms with Crippen molar-refractivity contribution in [1.29, 1.82) is 0 Å². The van der Waals surface area contributed by atoms with Crippen molar-refractivity contribution in [2.45, 2.75) is 28.6 Å². The first-order valence-electron chi connectivity index (χ1n) is 8.55. The second-order valence-electron chi connectivity index (χ2n) is 6.43. The third-order valence-electron chi connectivity index (χ3n) is 4.48. The van der Waals surface area contributed by atoms with E-state index in [4.69, 9.17) is 16.3 Å². The highest BCUT2D eigenvalue weighted by atomic mass is 35.5. The minimum absolute atomic E-state index is 0.114. The van der Waals surface area contributed by atoms with Gasteiger partial charge in [0.1, 0.15) is 5.75 Å². The van der Waals surface area contributed by atoms with E-state index in [9.17, 15) is 31.5 Å². The van der Waals surface area contributed by atoms with Crippen molar-refractivity contribution in [3.63, 3.8) is 0 Å². The van der Waals surface area contributed by atoms with Crippen molar-refractivity contribution in [1.82, 2.24) is 3.97 Å². The highest BCUT2D eigenvalue weighted by Crippen LogP contribution is 2.39. The van der Waals surface area contributed by atoms with Gasteiger partial charge in [-0.05, 0) is 60.6 Å². The fraction of sp³-hybridized carbons (Fsp3) is 0.211. The van der Waals surface area contributed by atoms with Crippen LogP contribution in [0.4, 0.5) is 13.2 Å². The number of thioether (sulfide) groups is 1. The van der Waals surface area contributed by atoms with Crippen molar-refractivity contribution < 1.29 is 36.2 Å². The topological polar surface area (TPSA) is 85.6 Å². The van der Waals surface area contributed by atoms with Crippen LogP contribution in [0.5, 0.6) is 5.75 Å². The number of carbonyl (C=O) groups is 1. The van der Waals surface area contributed by atoms with E-state index in [1.165, 1.54) is 26.2 Å². The quantitative estimate of drug-likeness (QED) is 0.481. The molecule has 0 aliphatic carbocycles. The predicted molar refractivity (Wildman–Crippen MR) is 111 cm³/mol. The van der Waals surface area contributed by atoms with Gasteiger partial charge in [0.25, 0.3) is 10.0 Å². The maximum atomic E-state index is 13.3. The predicted octanol–water partition coefficient (Wildman–Crippen LogP) is 5.09. The molecular weight excluding hydrogens is 479 g/mol. The molecule has 31 heavy (non-hydrogen) atoms. The summed E-state index contributed by atoms with van der Waals surface area (Å²) in [4.78, 5) is 10.9. The molecule has 0 unspecified atom stereocenters. The number of rotatable bonds is 6. The van der Waals surface area contributed by atoms with Crippen LogP contribution < -0.4 is 4.74 Å². The first-order chi connectivity index (χ1) is 14.3. The molecule has 0 spiro atoms. The molecule has 0 saturated heterocycles. The molecule has 0 fully saturated rings. The minimum Gasteiger partial charge on any atom is -0.495 e. The van der Waals surface area contributed by atoms with E-state index in [2.05, 4.69) is 0 Å². The van der Waals surface area contributed by atoms with E-state index in [1.54, 1.807) is 0 Å². The summed E-state index contributed by atoms with van der Waals surface area (Å²) in [7, 11) is -2.91. The van der Waals surface area contributed by atoms with E-state index >= 15 is 0 Å². The first-order valence-corrected chi connectivity index (χ1v) is 11.2. The van der Waals surface area contributed by atoms with Crippen LogP contribution in [0.15, 0.2) is 46.2 Å². The summed E-state index contributed by atoms with van der Waals surface area (Å²) in [5.74, 6) is -0.925. The van der Waals surface area contributed by atoms with E-state index in [0.717, 1.165) is 28.2 Å². The van der Waals surface area contributed by atoms with Gasteiger partial charge in [-0.25, -0.2) is 12.4 Å². The molecule has 12 heteroatoms. The molecule has 1 N–H and O–H groups in total. The Morgan fingerprint density at radius 1 is 1.23 bits per heavy atom. The first kappa shape index (κ1) is 23.3. The second kappa shape index (κ2) is 8.29. The molecule has 0 aliphatic rings. The van der Waals surface area contributed by atoms with Gasteiger partial charge < -0.3 is 9.84 Å². The Hall–Kier alpha value is -2.37. The SMILES string of the molecule is COc1cc2c(CC(=O)O)c(C)n(S(=O)(=O)c3ccc(SC(F)(F)F)cc3)c2cc1Cl. The number of benzene rings is 2. The number of aromatic nitrogens is 1. The van der Waals surface area contributed by atoms with Gasteiger partial charge in [0.2, 0.25) is 0 Å². The number of hydrogen-bond acceptors (Lipinski definition) is 5. The Kier molecular flexibility index (Phi) is 6.23. The third-order valence-corrected chi connectivity index (χ3v) is 7.33. The fourth-order valence-electron chi connectivity index (χ4n) is 3.21. The average molecular weight is 494 g/mol. The highest BCUT2D eigenvalue weighted by molar-refractivity contribution is 8.00. The average Bonchev–Trinajstić information content (AvgIpc) is 2.91. The monoisotopic (exact) mass is 493 g/mol. The number of aliphatic carboxylic acids is 1. The Labute approximate surface area is 184 Å². The van der Waals surface area contributed by atoms with Gasteiger partial charge in [0, 0.05) is 16.0 Å². The summed E-state index contributed by atoms with van der Waals surface area (Å²) >= 11 is 5.80. The van der Waals surface area contributed by atoms with Crippen LogP contribution in [-0.4, -0.2) is 36.1 Å². The molecule has 0 aliphatic heterocycles. The lowest BCUT2D eigenvalue weighted by molar-refractivity contribution is -0.136. The number of ether oxygens (including phenoxy) is 1. The lowest BCUT2D eigenvalue weighted by atomic mass is 10.1. The van der Waals surface area contributed by atoms with Gasteiger partial charge in [-0.1, -0.05) is 11.6 Å². The largest absolute Gasteiger partial charge is 0.495 e. The van der Waals surface area contributed by atoms with Crippen molar-refractivity contribution in [3.8, 4) is 5.75 Å². The number of methoxy groups -OCH3 is 1. The van der Waals surface area contributed by atoms with Crippen LogP contribution in [0.25, 0.3) is 10.9 Å². The number of carboxylic acid groups (broad SMARTS) is 1. The molecule has 2 aromatic carbocycles. The van der Waals surface area contributed by atoms with Crippen LogP contribution >= 0.6 is 23.4 Å². The maximum Gasteiger partial charge on any atom is 0.446 e. The van der Waals surface area contributed by atoms with E-state index in [-0.39, 0.29) is 49.1 Å². The number of fused-ring (bicyclic) bond motifs is 1. The molecule has 0 amide bonds. The van der Waals surface area contributed by atoms with E-state index in [0.29, 0.717) is 5.39 Å². The zero-order chi connectivity index (χ0) is 23.1. The summed E-state index contributed by atoms with van der Waals surface area (Å²) in [6.07, 6.45) is -0.448. The molecular formula is C19H15ClF3NO5S2. The highest BCUT2D eigenvalue weighted by Gasteiger charge is 2.30. The molecule has 1 aromatic heterocycles. The molecule has 0 saturated carbocycles. The van der Waals surface area contributed by atoms with Gasteiger partial charge in [0.05, 0.1) is 29.0 Å². The Morgan fingerprint density at radius 2 is 1.84 bits per heavy atom. The lowest BCUT2D eigenvalue weighted by Crippen LogP contribution is -2.15. The smallest absolute Gasteiger partial charge is 0.446 e. The normalized spacial score (nSPS) is 12.3. The molecule has 6 nitrogen and oxygen atoms in total. The zero-order valence-electron chi connectivity index (χ0n) is 16.0. The summed E-state index contributed by atoms with van der Waals surface area (Å²) in [6.45, 7) is 1.45. The second-order valence-corrected chi connectivity index (χ2v) is 9.76. The van der Waals surface area contributed by atoms with Crippen LogP contribution in [0.3, 0.4) is 0 Å². The van der Waals surface area contributed by atoms with Gasteiger partial charge >= 0.3 is 11.5 Å². The molecule has 0 bridgehead atoms. The summed E-state index contributed by atoms with van der Waals surface area (Å²) in [5, 5.41) is 9.72. The zero-order valence-corrected chi connectivity index (χ0v) is 18.4. The number of carboxylic acids is 1. The number of nitrogens with zero attached hydrogens (tertiary/aromatic N) is 1. The molecule has 0 radical (unpaired) electrons. The molecule has 1 heterocycles. The third kappa shape index (κ3) is 4.63. The van der Waals surface area contributed by atoms with Crippen LogP contribution in [0, 0.1) is 6.92 Å². The molecule has 0 atom stereocenters. The Bertz CT molecular complexity index is 1270. The minimum atomic E-state index is -4.50. The van der Waals surface area contributed by atoms with E-state index in [1.807, 2.05) is 0 Å². The summed E-state index contributed by atoms with van der Waals surface area (Å²) in [5.41, 5.74) is -3.97. The van der Waals surface area contributed by atoms with Crippen molar-refractivity contribution in [2.75, 3.05) is 7.11 Å². The lowest BCUT2D eigenvalue weighted by Gasteiger charge is -2.12. The van der Waals surface area contributed by atoms with Crippen LogP contribution in [0.1, 0.15) is 11.3 Å². The molecule has 3 aromatic rings. The number of alkyl halides is 3. The number of hydrogen-bond donors (Lipinski definition) is 1. The van der Waals surface area contributed by atoms with Crippen LogP contribution in [0.2, 0.25) is 5.02 Å². The maximum absolute atomic E-state index is 13.3. The van der Waals surface area contributed by atoms with E-state index < -0.39 is 27.9 Å². The summed E-state index contributed by atoms with van der Waals surface area (Å²) < 4.78 is 70.4. The van der Waals surface area contributed by atoms with Gasteiger partial charge in [0.15, 0.2) is 0 Å². The fourth-order valence-corrected chi connectivity index (χ4v) is 5.56. The molecule has 166 valence electrons. The molecule has 3 rings (SSSR count). The van der Waals surface area contributed by atoms with Crippen molar-refractivity contribution >= 4 is 50.3 Å². The Balaban J connectivity index is 2.22. The Morgan fingerprint density at radius 3 is 2.35 bits per heavy atom. The van der Waals surface area contributed by atoms with Crippen molar-refractivity contribution in [3.05, 3.63) is 52.7 Å². The number of halogens is 4. The van der Waals surface area contributed by atoms with Crippen LogP contribution in [-0.2, 0) is 21.2 Å². The standard InChI is InChI=1S/C19H15ClF3NO5S2/c1-10-13(8-18(25)26)14-7-17(29-2)15(20)9-16(14)24(10)31(27,28)12-5-3-11(4-6-12)30-19(21,22)23/h3-7,9H,8H2,1-2H3,(H,25,26). The van der Waals surface area contributed by atoms with Gasteiger partial charge in [-0.3, -0.25) is 4.79 Å². The van der Waals surface area contributed by atoms with Gasteiger partial charge in [-0.2, -0.15) is 13.2 Å². The summed E-state index contributed by atoms with van der Waals surface area (Å²) in [6, 6.07) is 7.05. The van der Waals surface area contributed by atoms with Crippen molar-refractivity contribution in [2.24, 2.45) is 0 Å². The van der Waals surface area contributed by atoms with Gasteiger partial charge in [-0.15, -0.1) is 0 Å².